The second-order valence-corrected chi connectivity index (χ2v) is 6.40. The monoisotopic (exact) mass is 300 g/mol. The van der Waals surface area contributed by atoms with Gasteiger partial charge < -0.3 is 9.47 Å². The molecule has 0 saturated heterocycles. The molecule has 0 aromatic heterocycles. The Labute approximate surface area is 134 Å². The smallest absolute Gasteiger partial charge is 0.0544 e. The fourth-order valence-corrected chi connectivity index (χ4v) is 2.95. The topological polar surface area (TPSA) is 18.5 Å². The van der Waals surface area contributed by atoms with E-state index in [1.54, 1.807) is 0 Å². The third-order valence-electron chi connectivity index (χ3n) is 4.35. The Kier molecular flexibility index (Phi) is 14.8. The van der Waals surface area contributed by atoms with Gasteiger partial charge in [0, 0.05) is 18.6 Å². The molecule has 0 atom stereocenters. The van der Waals surface area contributed by atoms with Crippen LogP contribution in [0.4, 0.5) is 0 Å². The van der Waals surface area contributed by atoms with E-state index in [4.69, 9.17) is 9.47 Å². The Morgan fingerprint density at radius 1 is 0.571 bits per heavy atom. The molecule has 0 saturated carbocycles. The Morgan fingerprint density at radius 3 is 1.33 bits per heavy atom. The predicted octanol–water partition coefficient (Wildman–Crippen LogP) is 5.99. The van der Waals surface area contributed by atoms with E-state index < -0.39 is 0 Å². The molecule has 0 heterocycles. The number of unbranched alkanes of at least 4 members (excludes halogenated alkanes) is 6. The molecule has 0 aliphatic carbocycles. The lowest BCUT2D eigenvalue weighted by Crippen LogP contribution is -2.33. The van der Waals surface area contributed by atoms with Gasteiger partial charge in [-0.3, -0.25) is 0 Å². The molecule has 0 radical (unpaired) electrons. The van der Waals surface area contributed by atoms with Crippen molar-refractivity contribution in [1.29, 1.82) is 0 Å². The second kappa shape index (κ2) is 14.8. The van der Waals surface area contributed by atoms with Gasteiger partial charge in [-0.05, 0) is 26.7 Å². The van der Waals surface area contributed by atoms with E-state index in [0.717, 1.165) is 26.4 Å². The molecular weight excluding hydrogens is 260 g/mol. The lowest BCUT2D eigenvalue weighted by atomic mass is 9.79. The molecule has 2 nitrogen and oxygen atoms in total. The second-order valence-electron chi connectivity index (χ2n) is 6.40. The molecule has 0 rings (SSSR count). The maximum absolute atomic E-state index is 5.83. The van der Waals surface area contributed by atoms with Gasteiger partial charge in [-0.25, -0.2) is 0 Å². The Morgan fingerprint density at radius 2 is 1.00 bits per heavy atom. The van der Waals surface area contributed by atoms with Crippen LogP contribution >= 0.6 is 0 Å². The summed E-state index contributed by atoms with van der Waals surface area (Å²) in [5, 5.41) is 0. The van der Waals surface area contributed by atoms with Gasteiger partial charge in [0.25, 0.3) is 0 Å². The average molecular weight is 301 g/mol. The van der Waals surface area contributed by atoms with Gasteiger partial charge in [0.05, 0.1) is 13.2 Å². The summed E-state index contributed by atoms with van der Waals surface area (Å²) >= 11 is 0. The molecule has 21 heavy (non-hydrogen) atoms. The number of hydrogen-bond acceptors (Lipinski definition) is 2. The zero-order valence-electron chi connectivity index (χ0n) is 15.2. The van der Waals surface area contributed by atoms with E-state index in [0.29, 0.717) is 0 Å². The van der Waals surface area contributed by atoms with Crippen LogP contribution in [-0.2, 0) is 9.47 Å². The largest absolute Gasteiger partial charge is 0.381 e. The zero-order valence-corrected chi connectivity index (χ0v) is 15.2. The van der Waals surface area contributed by atoms with E-state index in [9.17, 15) is 0 Å². The standard InChI is InChI=1S/C19H40O2/c1-5-9-11-13-15-19(17-20-7-3,18-21-8-4)16-14-12-10-6-2/h5-18H2,1-4H3. The molecule has 0 aromatic carbocycles. The van der Waals surface area contributed by atoms with Gasteiger partial charge in [-0.1, -0.05) is 65.2 Å². The molecular formula is C19H40O2. The lowest BCUT2D eigenvalue weighted by molar-refractivity contribution is -0.0291. The van der Waals surface area contributed by atoms with Crippen molar-refractivity contribution in [2.75, 3.05) is 26.4 Å². The van der Waals surface area contributed by atoms with Crippen molar-refractivity contribution < 1.29 is 9.47 Å². The fourth-order valence-electron chi connectivity index (χ4n) is 2.95. The molecule has 2 heteroatoms. The van der Waals surface area contributed by atoms with Gasteiger partial charge >= 0.3 is 0 Å². The minimum atomic E-state index is 0.257. The first-order chi connectivity index (χ1) is 10.2. The molecule has 0 aliphatic rings. The Balaban J connectivity index is 4.43. The van der Waals surface area contributed by atoms with Crippen LogP contribution < -0.4 is 0 Å². The van der Waals surface area contributed by atoms with Crippen molar-refractivity contribution in [1.82, 2.24) is 0 Å². The summed E-state index contributed by atoms with van der Waals surface area (Å²) in [6.45, 7) is 12.1. The maximum Gasteiger partial charge on any atom is 0.0544 e. The van der Waals surface area contributed by atoms with Crippen LogP contribution in [0.2, 0.25) is 0 Å². The molecule has 0 aliphatic heterocycles. The third kappa shape index (κ3) is 11.2. The summed E-state index contributed by atoms with van der Waals surface area (Å²) in [6, 6.07) is 0. The molecule has 0 aromatic rings. The number of ether oxygens (including phenoxy) is 2. The first-order valence-corrected chi connectivity index (χ1v) is 9.40. The molecule has 0 fully saturated rings. The van der Waals surface area contributed by atoms with E-state index in [2.05, 4.69) is 27.7 Å². The van der Waals surface area contributed by atoms with E-state index in [-0.39, 0.29) is 5.41 Å². The van der Waals surface area contributed by atoms with Gasteiger partial charge in [0.1, 0.15) is 0 Å². The first kappa shape index (κ1) is 20.9. The van der Waals surface area contributed by atoms with Crippen molar-refractivity contribution >= 4 is 0 Å². The SMILES string of the molecule is CCCCCCC(CCCCCC)(COCC)COCC. The van der Waals surface area contributed by atoms with Crippen molar-refractivity contribution in [2.45, 2.75) is 91.9 Å². The van der Waals surface area contributed by atoms with Gasteiger partial charge in [0.2, 0.25) is 0 Å². The van der Waals surface area contributed by atoms with Crippen molar-refractivity contribution in [3.05, 3.63) is 0 Å². The highest BCUT2D eigenvalue weighted by molar-refractivity contribution is 4.79. The fraction of sp³-hybridized carbons (Fsp3) is 1.00. The maximum atomic E-state index is 5.83. The normalized spacial score (nSPS) is 12.0. The minimum Gasteiger partial charge on any atom is -0.381 e. The molecule has 0 bridgehead atoms. The van der Waals surface area contributed by atoms with Crippen LogP contribution in [0.1, 0.15) is 91.9 Å². The third-order valence-corrected chi connectivity index (χ3v) is 4.35. The highest BCUT2D eigenvalue weighted by Crippen LogP contribution is 2.33. The average Bonchev–Trinajstić information content (AvgIpc) is 2.51. The highest BCUT2D eigenvalue weighted by atomic mass is 16.5. The van der Waals surface area contributed by atoms with Crippen molar-refractivity contribution in [3.8, 4) is 0 Å². The van der Waals surface area contributed by atoms with Gasteiger partial charge in [-0.2, -0.15) is 0 Å². The summed E-state index contributed by atoms with van der Waals surface area (Å²) in [4.78, 5) is 0. The van der Waals surface area contributed by atoms with Crippen LogP contribution in [-0.4, -0.2) is 26.4 Å². The van der Waals surface area contributed by atoms with Crippen LogP contribution in [0.3, 0.4) is 0 Å². The summed E-state index contributed by atoms with van der Waals surface area (Å²) < 4.78 is 11.7. The zero-order chi connectivity index (χ0) is 15.8. The summed E-state index contributed by atoms with van der Waals surface area (Å²) in [5.74, 6) is 0. The lowest BCUT2D eigenvalue weighted by Gasteiger charge is -2.33. The summed E-state index contributed by atoms with van der Waals surface area (Å²) in [7, 11) is 0. The summed E-state index contributed by atoms with van der Waals surface area (Å²) in [5.41, 5.74) is 0.257. The Bertz CT molecular complexity index is 182. The highest BCUT2D eigenvalue weighted by Gasteiger charge is 2.29. The van der Waals surface area contributed by atoms with Crippen LogP contribution in [0.5, 0.6) is 0 Å². The number of rotatable bonds is 16. The van der Waals surface area contributed by atoms with E-state index in [1.807, 2.05) is 0 Å². The van der Waals surface area contributed by atoms with Crippen LogP contribution in [0.25, 0.3) is 0 Å². The molecule has 0 N–H and O–H groups in total. The number of hydrogen-bond donors (Lipinski definition) is 0. The summed E-state index contributed by atoms with van der Waals surface area (Å²) in [6.07, 6.45) is 13.2. The minimum absolute atomic E-state index is 0.257. The van der Waals surface area contributed by atoms with Crippen LogP contribution in [0, 0.1) is 5.41 Å². The van der Waals surface area contributed by atoms with E-state index in [1.165, 1.54) is 64.2 Å². The Hall–Kier alpha value is -0.0800. The van der Waals surface area contributed by atoms with Crippen molar-refractivity contribution in [3.63, 3.8) is 0 Å². The first-order valence-electron chi connectivity index (χ1n) is 9.40. The van der Waals surface area contributed by atoms with Crippen LogP contribution in [0.15, 0.2) is 0 Å². The molecule has 0 unspecified atom stereocenters. The quantitative estimate of drug-likeness (QED) is 0.326. The van der Waals surface area contributed by atoms with Gasteiger partial charge in [-0.15, -0.1) is 0 Å². The predicted molar refractivity (Wildman–Crippen MR) is 92.9 cm³/mol. The molecule has 0 spiro atoms. The van der Waals surface area contributed by atoms with E-state index >= 15 is 0 Å². The molecule has 0 amide bonds. The molecule has 128 valence electrons. The van der Waals surface area contributed by atoms with Crippen molar-refractivity contribution in [2.24, 2.45) is 5.41 Å². The van der Waals surface area contributed by atoms with Gasteiger partial charge in [0.15, 0.2) is 0 Å².